The van der Waals surface area contributed by atoms with E-state index in [1.165, 1.54) is 24.3 Å². The van der Waals surface area contributed by atoms with E-state index >= 15 is 0 Å². The molecule has 8 nitrogen and oxygen atoms in total. The molecule has 9 heteroatoms. The molecule has 33 heavy (non-hydrogen) atoms. The lowest BCUT2D eigenvalue weighted by Gasteiger charge is -2.13. The Kier molecular flexibility index (Phi) is 6.92. The van der Waals surface area contributed by atoms with Gasteiger partial charge in [-0.25, -0.2) is 13.2 Å². The summed E-state index contributed by atoms with van der Waals surface area (Å²) in [4.78, 5) is 27.9. The summed E-state index contributed by atoms with van der Waals surface area (Å²) in [5.41, 5.74) is 4.20. The fraction of sp³-hybridized carbons (Fsp3) is 0.250. The molecule has 0 saturated carbocycles. The summed E-state index contributed by atoms with van der Waals surface area (Å²) in [6, 6.07) is 11.4. The molecule has 0 spiro atoms. The Morgan fingerprint density at radius 1 is 0.970 bits per heavy atom. The molecule has 0 aliphatic rings. The number of hydrogen-bond donors (Lipinski definition) is 3. The molecular weight excluding hydrogens is 442 g/mol. The Balaban J connectivity index is 1.78. The number of nitrogens with one attached hydrogen (secondary N) is 3. The van der Waals surface area contributed by atoms with Crippen molar-refractivity contribution in [3.63, 3.8) is 0 Å². The number of rotatable bonds is 7. The number of hydrogen-bond acceptors (Lipinski definition) is 5. The summed E-state index contributed by atoms with van der Waals surface area (Å²) in [6.45, 7) is 8.98. The van der Waals surface area contributed by atoms with E-state index in [0.717, 1.165) is 11.1 Å². The first kappa shape index (κ1) is 24.1. The standard InChI is InChI=1S/C24H27N3O5S/c1-6-32-24(29)20-16(4)22(25-17(20)5)23(28)26-18-10-12-19(13-11-18)33(30,31)27-21-14(2)8-7-9-15(21)3/h7-13,25,27H,6H2,1-5H3,(H,26,28). The van der Waals surface area contributed by atoms with E-state index in [2.05, 4.69) is 15.0 Å². The van der Waals surface area contributed by atoms with Gasteiger partial charge in [-0.1, -0.05) is 18.2 Å². The Morgan fingerprint density at radius 3 is 2.15 bits per heavy atom. The summed E-state index contributed by atoms with van der Waals surface area (Å²) in [6.07, 6.45) is 0. The van der Waals surface area contributed by atoms with Gasteiger partial charge in [-0.05, 0) is 75.6 Å². The minimum atomic E-state index is -3.80. The molecule has 2 aromatic carbocycles. The van der Waals surface area contributed by atoms with Gasteiger partial charge in [-0.2, -0.15) is 0 Å². The van der Waals surface area contributed by atoms with E-state index < -0.39 is 21.9 Å². The second-order valence-electron chi connectivity index (χ2n) is 7.70. The number of ether oxygens (including phenoxy) is 1. The molecule has 0 aliphatic heterocycles. The van der Waals surface area contributed by atoms with Gasteiger partial charge in [0.15, 0.2) is 0 Å². The minimum Gasteiger partial charge on any atom is -0.462 e. The van der Waals surface area contributed by atoms with Gasteiger partial charge in [0.25, 0.3) is 15.9 Å². The third kappa shape index (κ3) is 5.09. The normalized spacial score (nSPS) is 11.2. The maximum absolute atomic E-state index is 12.8. The van der Waals surface area contributed by atoms with Crippen LogP contribution in [0.25, 0.3) is 0 Å². The van der Waals surface area contributed by atoms with Gasteiger partial charge >= 0.3 is 5.97 Å². The number of carbonyl (C=O) groups is 2. The smallest absolute Gasteiger partial charge is 0.340 e. The molecule has 0 aliphatic carbocycles. The second-order valence-corrected chi connectivity index (χ2v) is 9.38. The number of aryl methyl sites for hydroxylation is 3. The lowest BCUT2D eigenvalue weighted by molar-refractivity contribution is 0.0525. The largest absolute Gasteiger partial charge is 0.462 e. The zero-order chi connectivity index (χ0) is 24.3. The maximum Gasteiger partial charge on any atom is 0.340 e. The van der Waals surface area contributed by atoms with Crippen LogP contribution in [-0.4, -0.2) is 31.9 Å². The molecular formula is C24H27N3O5S. The molecule has 3 N–H and O–H groups in total. The average Bonchev–Trinajstić information content (AvgIpc) is 3.05. The highest BCUT2D eigenvalue weighted by atomic mass is 32.2. The fourth-order valence-electron chi connectivity index (χ4n) is 3.57. The minimum absolute atomic E-state index is 0.0691. The lowest BCUT2D eigenvalue weighted by Crippen LogP contribution is -2.16. The number of carbonyl (C=O) groups excluding carboxylic acids is 2. The van der Waals surface area contributed by atoms with Crippen LogP contribution in [-0.2, 0) is 14.8 Å². The number of benzene rings is 2. The van der Waals surface area contributed by atoms with Crippen LogP contribution in [0.5, 0.6) is 0 Å². The van der Waals surface area contributed by atoms with E-state index in [4.69, 9.17) is 4.74 Å². The fourth-order valence-corrected chi connectivity index (χ4v) is 4.77. The number of sulfonamides is 1. The van der Waals surface area contributed by atoms with Crippen molar-refractivity contribution in [2.24, 2.45) is 0 Å². The number of esters is 1. The number of aromatic nitrogens is 1. The predicted octanol–water partition coefficient (Wildman–Crippen LogP) is 4.48. The van der Waals surface area contributed by atoms with Crippen molar-refractivity contribution < 1.29 is 22.7 Å². The van der Waals surface area contributed by atoms with Gasteiger partial charge in [0.1, 0.15) is 5.69 Å². The number of H-pyrrole nitrogens is 1. The zero-order valence-corrected chi connectivity index (χ0v) is 20.0. The predicted molar refractivity (Wildman–Crippen MR) is 127 cm³/mol. The molecule has 0 atom stereocenters. The summed E-state index contributed by atoms with van der Waals surface area (Å²) < 4.78 is 33.3. The monoisotopic (exact) mass is 469 g/mol. The third-order valence-electron chi connectivity index (χ3n) is 5.28. The van der Waals surface area contributed by atoms with Crippen molar-refractivity contribution in [3.05, 3.63) is 76.1 Å². The molecule has 0 saturated heterocycles. The second kappa shape index (κ2) is 9.50. The average molecular weight is 470 g/mol. The number of amides is 1. The third-order valence-corrected chi connectivity index (χ3v) is 6.65. The van der Waals surface area contributed by atoms with Crippen LogP contribution in [0.15, 0.2) is 47.4 Å². The van der Waals surface area contributed by atoms with Crippen molar-refractivity contribution in [1.29, 1.82) is 0 Å². The molecule has 3 aromatic rings. The molecule has 1 heterocycles. The number of anilines is 2. The van der Waals surface area contributed by atoms with Crippen LogP contribution >= 0.6 is 0 Å². The Bertz CT molecular complexity index is 1290. The molecule has 0 unspecified atom stereocenters. The van der Waals surface area contributed by atoms with Crippen LogP contribution in [0, 0.1) is 27.7 Å². The topological polar surface area (TPSA) is 117 Å². The highest BCUT2D eigenvalue weighted by molar-refractivity contribution is 7.92. The molecule has 0 bridgehead atoms. The Labute approximate surface area is 193 Å². The first-order valence-corrected chi connectivity index (χ1v) is 11.9. The van der Waals surface area contributed by atoms with E-state index in [-0.39, 0.29) is 17.2 Å². The molecule has 174 valence electrons. The van der Waals surface area contributed by atoms with E-state index in [0.29, 0.717) is 28.2 Å². The quantitative estimate of drug-likeness (QED) is 0.441. The Hall–Kier alpha value is -3.59. The lowest BCUT2D eigenvalue weighted by atomic mass is 10.1. The van der Waals surface area contributed by atoms with Gasteiger partial charge in [0, 0.05) is 11.4 Å². The van der Waals surface area contributed by atoms with Crippen LogP contribution in [0.2, 0.25) is 0 Å². The highest BCUT2D eigenvalue weighted by Crippen LogP contribution is 2.25. The van der Waals surface area contributed by atoms with Gasteiger partial charge in [0.05, 0.1) is 22.8 Å². The first-order chi connectivity index (χ1) is 15.5. The van der Waals surface area contributed by atoms with Crippen LogP contribution in [0.1, 0.15) is 50.2 Å². The van der Waals surface area contributed by atoms with Crippen molar-refractivity contribution in [3.8, 4) is 0 Å². The number of aromatic amines is 1. The number of para-hydroxylation sites is 1. The van der Waals surface area contributed by atoms with Crippen molar-refractivity contribution in [2.45, 2.75) is 39.5 Å². The van der Waals surface area contributed by atoms with Gasteiger partial charge in [-0.3, -0.25) is 9.52 Å². The van der Waals surface area contributed by atoms with Crippen LogP contribution in [0.4, 0.5) is 11.4 Å². The molecule has 0 radical (unpaired) electrons. The molecule has 1 amide bonds. The van der Waals surface area contributed by atoms with Gasteiger partial charge in [-0.15, -0.1) is 0 Å². The van der Waals surface area contributed by atoms with Crippen molar-refractivity contribution >= 4 is 33.3 Å². The molecule has 1 aromatic heterocycles. The van der Waals surface area contributed by atoms with Crippen LogP contribution < -0.4 is 10.0 Å². The van der Waals surface area contributed by atoms with E-state index in [1.807, 2.05) is 32.0 Å². The van der Waals surface area contributed by atoms with Crippen LogP contribution in [0.3, 0.4) is 0 Å². The summed E-state index contributed by atoms with van der Waals surface area (Å²) in [7, 11) is -3.80. The maximum atomic E-state index is 12.8. The van der Waals surface area contributed by atoms with Crippen molar-refractivity contribution in [2.75, 3.05) is 16.6 Å². The molecule has 0 fully saturated rings. The highest BCUT2D eigenvalue weighted by Gasteiger charge is 2.23. The SMILES string of the molecule is CCOC(=O)c1c(C)[nH]c(C(=O)Nc2ccc(S(=O)(=O)Nc3c(C)cccc3C)cc2)c1C. The first-order valence-electron chi connectivity index (χ1n) is 10.4. The van der Waals surface area contributed by atoms with E-state index in [1.54, 1.807) is 20.8 Å². The van der Waals surface area contributed by atoms with Crippen molar-refractivity contribution in [1.82, 2.24) is 4.98 Å². The van der Waals surface area contributed by atoms with Gasteiger partial charge in [0.2, 0.25) is 0 Å². The van der Waals surface area contributed by atoms with Gasteiger partial charge < -0.3 is 15.0 Å². The van der Waals surface area contributed by atoms with E-state index in [9.17, 15) is 18.0 Å². The summed E-state index contributed by atoms with van der Waals surface area (Å²) in [5.74, 6) is -0.941. The zero-order valence-electron chi connectivity index (χ0n) is 19.2. The summed E-state index contributed by atoms with van der Waals surface area (Å²) >= 11 is 0. The summed E-state index contributed by atoms with van der Waals surface area (Å²) in [5, 5.41) is 2.72. The molecule has 3 rings (SSSR count). The Morgan fingerprint density at radius 2 is 1.58 bits per heavy atom.